The number of nitrogens with zero attached hydrogens (tertiary/aromatic N) is 2. The number of hydrazone groups is 1. The van der Waals surface area contributed by atoms with Crippen molar-refractivity contribution in [3.05, 3.63) is 80.2 Å². The van der Waals surface area contributed by atoms with Gasteiger partial charge in [0.05, 0.1) is 16.7 Å². The van der Waals surface area contributed by atoms with Crippen molar-refractivity contribution < 1.29 is 4.42 Å². The quantitative estimate of drug-likeness (QED) is 0.238. The minimum Gasteiger partial charge on any atom is -0.422 e. The summed E-state index contributed by atoms with van der Waals surface area (Å²) in [6.07, 6.45) is 3.27. The molecular formula is C19H11BrClN3O2S. The Bertz CT molecular complexity index is 1220. The summed E-state index contributed by atoms with van der Waals surface area (Å²) in [7, 11) is 0. The molecule has 0 amide bonds. The van der Waals surface area contributed by atoms with E-state index in [2.05, 4.69) is 31.4 Å². The SMILES string of the molecule is O=c1oc2ccc(Br)cc2cc1-c1cnc(N/N=C\c2cccc(Cl)c2)s1. The largest absolute Gasteiger partial charge is 0.422 e. The summed E-state index contributed by atoms with van der Waals surface area (Å²) in [5, 5.41) is 6.19. The highest BCUT2D eigenvalue weighted by Crippen LogP contribution is 2.29. The average Bonchev–Trinajstić information content (AvgIpc) is 3.10. The van der Waals surface area contributed by atoms with Crippen LogP contribution in [-0.2, 0) is 0 Å². The number of anilines is 1. The van der Waals surface area contributed by atoms with Crippen molar-refractivity contribution in [2.75, 3.05) is 5.43 Å². The second-order valence-corrected chi connectivity index (χ2v) is 7.97. The summed E-state index contributed by atoms with van der Waals surface area (Å²) in [6, 6.07) is 14.6. The third-order valence-electron chi connectivity index (χ3n) is 3.69. The molecule has 1 N–H and O–H groups in total. The number of thiazole rings is 1. The summed E-state index contributed by atoms with van der Waals surface area (Å²) >= 11 is 10.7. The number of aromatic nitrogens is 1. The molecule has 2 heterocycles. The Hall–Kier alpha value is -2.48. The summed E-state index contributed by atoms with van der Waals surface area (Å²) in [6.45, 7) is 0. The van der Waals surface area contributed by atoms with Gasteiger partial charge in [0.1, 0.15) is 5.58 Å². The lowest BCUT2D eigenvalue weighted by Gasteiger charge is -2.00. The lowest BCUT2D eigenvalue weighted by atomic mass is 10.2. The molecule has 2 aromatic carbocycles. The van der Waals surface area contributed by atoms with E-state index in [-0.39, 0.29) is 0 Å². The molecule has 0 aliphatic heterocycles. The fourth-order valence-corrected chi connectivity index (χ4v) is 3.81. The van der Waals surface area contributed by atoms with E-state index in [1.807, 2.05) is 24.3 Å². The highest BCUT2D eigenvalue weighted by molar-refractivity contribution is 9.10. The maximum absolute atomic E-state index is 12.3. The van der Waals surface area contributed by atoms with Crippen LogP contribution in [0, 0.1) is 0 Å². The molecule has 4 aromatic rings. The van der Waals surface area contributed by atoms with Crippen LogP contribution in [0.1, 0.15) is 5.56 Å². The normalized spacial score (nSPS) is 11.3. The van der Waals surface area contributed by atoms with Crippen molar-refractivity contribution in [3.63, 3.8) is 0 Å². The van der Waals surface area contributed by atoms with Crippen LogP contribution < -0.4 is 11.1 Å². The highest BCUT2D eigenvalue weighted by Gasteiger charge is 2.11. The van der Waals surface area contributed by atoms with E-state index < -0.39 is 5.63 Å². The number of nitrogens with one attached hydrogen (secondary N) is 1. The molecule has 0 aliphatic carbocycles. The first-order chi connectivity index (χ1) is 13.1. The third-order valence-corrected chi connectivity index (χ3v) is 5.35. The fourth-order valence-electron chi connectivity index (χ4n) is 2.47. The molecule has 0 bridgehead atoms. The molecule has 0 fully saturated rings. The average molecular weight is 461 g/mol. The lowest BCUT2D eigenvalue weighted by Crippen LogP contribution is -2.01. The molecule has 0 unspecified atom stereocenters. The van der Waals surface area contributed by atoms with Crippen LogP contribution in [0.4, 0.5) is 5.13 Å². The maximum Gasteiger partial charge on any atom is 0.345 e. The van der Waals surface area contributed by atoms with Gasteiger partial charge in [-0.25, -0.2) is 9.78 Å². The van der Waals surface area contributed by atoms with Crippen LogP contribution in [0.5, 0.6) is 0 Å². The van der Waals surface area contributed by atoms with E-state index in [1.165, 1.54) is 11.3 Å². The minimum atomic E-state index is -0.401. The van der Waals surface area contributed by atoms with Crippen LogP contribution in [0.3, 0.4) is 0 Å². The second kappa shape index (κ2) is 7.64. The van der Waals surface area contributed by atoms with Gasteiger partial charge in [-0.3, -0.25) is 5.43 Å². The Labute approximate surface area is 171 Å². The van der Waals surface area contributed by atoms with Crippen molar-refractivity contribution in [3.8, 4) is 10.4 Å². The molecule has 134 valence electrons. The topological polar surface area (TPSA) is 67.5 Å². The maximum atomic E-state index is 12.3. The van der Waals surface area contributed by atoms with Crippen LogP contribution in [0.2, 0.25) is 5.02 Å². The monoisotopic (exact) mass is 459 g/mol. The molecule has 0 aliphatic rings. The number of hydrogen-bond donors (Lipinski definition) is 1. The molecule has 27 heavy (non-hydrogen) atoms. The number of benzene rings is 2. The van der Waals surface area contributed by atoms with Gasteiger partial charge in [-0.05, 0) is 42.0 Å². The molecule has 0 saturated heterocycles. The van der Waals surface area contributed by atoms with Gasteiger partial charge in [-0.1, -0.05) is 51.0 Å². The summed E-state index contributed by atoms with van der Waals surface area (Å²) < 4.78 is 6.32. The lowest BCUT2D eigenvalue weighted by molar-refractivity contribution is 0.563. The first-order valence-electron chi connectivity index (χ1n) is 7.83. The Balaban J connectivity index is 1.58. The number of hydrogen-bond acceptors (Lipinski definition) is 6. The van der Waals surface area contributed by atoms with E-state index in [1.54, 1.807) is 36.7 Å². The van der Waals surface area contributed by atoms with Crippen molar-refractivity contribution in [2.45, 2.75) is 0 Å². The van der Waals surface area contributed by atoms with Crippen LogP contribution in [0.25, 0.3) is 21.4 Å². The van der Waals surface area contributed by atoms with Crippen molar-refractivity contribution >= 4 is 61.2 Å². The highest BCUT2D eigenvalue weighted by atomic mass is 79.9. The van der Waals surface area contributed by atoms with Gasteiger partial charge in [-0.2, -0.15) is 5.10 Å². The molecule has 0 atom stereocenters. The minimum absolute atomic E-state index is 0.401. The van der Waals surface area contributed by atoms with E-state index in [4.69, 9.17) is 16.0 Å². The Morgan fingerprint density at radius 2 is 2.11 bits per heavy atom. The summed E-state index contributed by atoms with van der Waals surface area (Å²) in [5.41, 5.74) is 4.34. The predicted molar refractivity (Wildman–Crippen MR) is 114 cm³/mol. The molecule has 0 saturated carbocycles. The van der Waals surface area contributed by atoms with E-state index in [9.17, 15) is 4.79 Å². The number of rotatable bonds is 4. The van der Waals surface area contributed by atoms with E-state index >= 15 is 0 Å². The number of halogens is 2. The zero-order chi connectivity index (χ0) is 18.8. The molecular weight excluding hydrogens is 450 g/mol. The first kappa shape index (κ1) is 17.9. The van der Waals surface area contributed by atoms with Gasteiger partial charge in [-0.15, -0.1) is 0 Å². The molecule has 5 nitrogen and oxygen atoms in total. The van der Waals surface area contributed by atoms with Gasteiger partial charge < -0.3 is 4.42 Å². The fraction of sp³-hybridized carbons (Fsp3) is 0. The number of fused-ring (bicyclic) bond motifs is 1. The molecule has 4 rings (SSSR count). The summed E-state index contributed by atoms with van der Waals surface area (Å²) in [5.74, 6) is 0. The van der Waals surface area contributed by atoms with Crippen molar-refractivity contribution in [1.29, 1.82) is 0 Å². The van der Waals surface area contributed by atoms with E-state index in [0.29, 0.717) is 26.2 Å². The zero-order valence-corrected chi connectivity index (χ0v) is 16.8. The van der Waals surface area contributed by atoms with Gasteiger partial charge in [0.15, 0.2) is 0 Å². The summed E-state index contributed by atoms with van der Waals surface area (Å²) in [4.78, 5) is 17.3. The van der Waals surface area contributed by atoms with Crippen molar-refractivity contribution in [1.82, 2.24) is 4.98 Å². The Morgan fingerprint density at radius 3 is 2.96 bits per heavy atom. The second-order valence-electron chi connectivity index (χ2n) is 5.58. The third kappa shape index (κ3) is 4.10. The Kier molecular flexibility index (Phi) is 5.07. The van der Waals surface area contributed by atoms with Gasteiger partial charge in [0.2, 0.25) is 5.13 Å². The molecule has 0 radical (unpaired) electrons. The van der Waals surface area contributed by atoms with Crippen molar-refractivity contribution in [2.24, 2.45) is 5.10 Å². The first-order valence-corrected chi connectivity index (χ1v) is 9.81. The standard InChI is InChI=1S/C19H11BrClN3O2S/c20-13-4-5-16-12(7-13)8-15(18(25)26-16)17-10-22-19(27-17)24-23-9-11-2-1-3-14(21)6-11/h1-10H,(H,22,24)/b23-9-. The molecule has 2 aromatic heterocycles. The van der Waals surface area contributed by atoms with E-state index in [0.717, 1.165) is 15.4 Å². The Morgan fingerprint density at radius 1 is 1.22 bits per heavy atom. The van der Waals surface area contributed by atoms with Crippen LogP contribution in [-0.4, -0.2) is 11.2 Å². The smallest absolute Gasteiger partial charge is 0.345 e. The predicted octanol–water partition coefficient (Wildman–Crippen LogP) is 5.78. The van der Waals surface area contributed by atoms with Crippen LogP contribution >= 0.6 is 38.9 Å². The zero-order valence-electron chi connectivity index (χ0n) is 13.6. The van der Waals surface area contributed by atoms with Gasteiger partial charge in [0.25, 0.3) is 0 Å². The van der Waals surface area contributed by atoms with Crippen LogP contribution in [0.15, 0.2) is 73.5 Å². The molecule has 0 spiro atoms. The molecule has 8 heteroatoms. The van der Waals surface area contributed by atoms with Gasteiger partial charge in [0, 0.05) is 21.1 Å². The van der Waals surface area contributed by atoms with Gasteiger partial charge >= 0.3 is 5.63 Å².